The molecule has 0 saturated carbocycles. The molecule has 0 fully saturated rings. The van der Waals surface area contributed by atoms with Crippen molar-refractivity contribution in [3.8, 4) is 0 Å². The summed E-state index contributed by atoms with van der Waals surface area (Å²) in [5.74, 6) is 3.46. The number of rotatable bonds is 11. The van der Waals surface area contributed by atoms with Gasteiger partial charge in [-0.3, -0.25) is 9.79 Å². The predicted octanol–water partition coefficient (Wildman–Crippen LogP) is 5.27. The zero-order valence-electron chi connectivity index (χ0n) is 17.1. The quantitative estimate of drug-likeness (QED) is 0.467. The fourth-order valence-corrected chi connectivity index (χ4v) is 4.37. The number of aliphatic imine (C=N–C) groups is 1. The molecule has 3 nitrogen and oxygen atoms in total. The number of carbonyl (C=O) groups is 1. The van der Waals surface area contributed by atoms with Crippen molar-refractivity contribution in [2.45, 2.75) is 66.3 Å². The summed E-state index contributed by atoms with van der Waals surface area (Å²) < 4.78 is 0. The summed E-state index contributed by atoms with van der Waals surface area (Å²) in [6, 6.07) is 0.319. The van der Waals surface area contributed by atoms with Gasteiger partial charge in [-0.15, -0.1) is 18.3 Å². The van der Waals surface area contributed by atoms with Crippen LogP contribution in [0.3, 0.4) is 0 Å². The van der Waals surface area contributed by atoms with Crippen LogP contribution in [-0.2, 0) is 4.79 Å². The first kappa shape index (κ1) is 22.3. The first-order chi connectivity index (χ1) is 11.8. The van der Waals surface area contributed by atoms with Gasteiger partial charge < -0.3 is 4.90 Å². The van der Waals surface area contributed by atoms with Crippen molar-refractivity contribution < 1.29 is 4.79 Å². The molecule has 1 heterocycles. The van der Waals surface area contributed by atoms with Gasteiger partial charge in [0.2, 0.25) is 5.91 Å². The average molecular weight is 367 g/mol. The Kier molecular flexibility index (Phi) is 9.84. The molecule has 0 saturated heterocycles. The fourth-order valence-electron chi connectivity index (χ4n) is 3.21. The standard InChI is InChI=1S/C21H38N2OS/c1-8-16(4)21(24)23(7)11-10-15(3)12-17(5)18(6)13-20-22-19(9-2)14-25-20/h9,15-19H,2,8,10-14H2,1,3-7H3/t15-,16-,17+,18-,19-/m1/s1. The molecule has 0 aromatic carbocycles. The molecule has 25 heavy (non-hydrogen) atoms. The summed E-state index contributed by atoms with van der Waals surface area (Å²) in [6.07, 6.45) is 6.27. The third kappa shape index (κ3) is 7.55. The molecule has 1 amide bonds. The molecule has 0 N–H and O–H groups in total. The molecular weight excluding hydrogens is 328 g/mol. The smallest absolute Gasteiger partial charge is 0.225 e. The second-order valence-corrected chi connectivity index (χ2v) is 9.09. The molecule has 0 aliphatic carbocycles. The second kappa shape index (κ2) is 11.1. The Morgan fingerprint density at radius 2 is 2.04 bits per heavy atom. The van der Waals surface area contributed by atoms with E-state index in [2.05, 4.69) is 34.3 Å². The molecule has 1 aliphatic rings. The molecule has 5 atom stereocenters. The van der Waals surface area contributed by atoms with E-state index in [9.17, 15) is 4.79 Å². The third-order valence-electron chi connectivity index (χ3n) is 5.61. The third-order valence-corrected chi connectivity index (χ3v) is 6.73. The van der Waals surface area contributed by atoms with Crippen LogP contribution >= 0.6 is 11.8 Å². The van der Waals surface area contributed by atoms with Crippen LogP contribution in [0.1, 0.15) is 60.3 Å². The molecule has 144 valence electrons. The zero-order chi connectivity index (χ0) is 19.0. The zero-order valence-corrected chi connectivity index (χ0v) is 17.9. The Labute approximate surface area is 159 Å². The molecule has 0 radical (unpaired) electrons. The second-order valence-electron chi connectivity index (χ2n) is 7.99. The van der Waals surface area contributed by atoms with Crippen LogP contribution in [0, 0.1) is 23.7 Å². The van der Waals surface area contributed by atoms with E-state index in [1.165, 1.54) is 11.5 Å². The van der Waals surface area contributed by atoms with Gasteiger partial charge in [-0.1, -0.05) is 40.7 Å². The van der Waals surface area contributed by atoms with Gasteiger partial charge in [0.05, 0.1) is 11.1 Å². The highest BCUT2D eigenvalue weighted by molar-refractivity contribution is 8.14. The summed E-state index contributed by atoms with van der Waals surface area (Å²) in [5, 5.41) is 1.30. The van der Waals surface area contributed by atoms with Crippen LogP contribution in [0.2, 0.25) is 0 Å². The maximum atomic E-state index is 12.2. The van der Waals surface area contributed by atoms with E-state index in [0.717, 1.165) is 31.6 Å². The van der Waals surface area contributed by atoms with Crippen LogP contribution in [0.15, 0.2) is 17.6 Å². The van der Waals surface area contributed by atoms with Gasteiger partial charge in [-0.2, -0.15) is 0 Å². The van der Waals surface area contributed by atoms with Crippen molar-refractivity contribution in [1.82, 2.24) is 4.90 Å². The Balaban J connectivity index is 2.34. The molecule has 0 unspecified atom stereocenters. The average Bonchev–Trinajstić information content (AvgIpc) is 3.05. The summed E-state index contributed by atoms with van der Waals surface area (Å²) >= 11 is 1.90. The van der Waals surface area contributed by atoms with Crippen molar-refractivity contribution >= 4 is 22.7 Å². The predicted molar refractivity (Wildman–Crippen MR) is 112 cm³/mol. The van der Waals surface area contributed by atoms with Crippen LogP contribution < -0.4 is 0 Å². The van der Waals surface area contributed by atoms with E-state index in [0.29, 0.717) is 23.8 Å². The highest BCUT2D eigenvalue weighted by Crippen LogP contribution is 2.29. The number of hydrogen-bond donors (Lipinski definition) is 0. The highest BCUT2D eigenvalue weighted by atomic mass is 32.2. The SMILES string of the molecule is C=C[C@@H]1CSC(C[C@@H](C)[C@@H](C)C[C@H](C)CCN(C)C(=O)[C@H](C)CC)=N1. The lowest BCUT2D eigenvalue weighted by atomic mass is 9.84. The number of nitrogens with zero attached hydrogens (tertiary/aromatic N) is 2. The van der Waals surface area contributed by atoms with Crippen molar-refractivity contribution in [3.63, 3.8) is 0 Å². The number of carbonyl (C=O) groups excluding carboxylic acids is 1. The van der Waals surface area contributed by atoms with E-state index in [4.69, 9.17) is 4.99 Å². The minimum absolute atomic E-state index is 0.142. The molecule has 0 bridgehead atoms. The first-order valence-electron chi connectivity index (χ1n) is 9.85. The Morgan fingerprint density at radius 3 is 2.60 bits per heavy atom. The normalized spacial score (nSPS) is 22.0. The topological polar surface area (TPSA) is 32.7 Å². The van der Waals surface area contributed by atoms with E-state index in [-0.39, 0.29) is 11.8 Å². The Morgan fingerprint density at radius 1 is 1.36 bits per heavy atom. The van der Waals surface area contributed by atoms with Gasteiger partial charge in [0, 0.05) is 25.3 Å². The number of hydrogen-bond acceptors (Lipinski definition) is 3. The van der Waals surface area contributed by atoms with Crippen molar-refractivity contribution in [1.29, 1.82) is 0 Å². The summed E-state index contributed by atoms with van der Waals surface area (Å²) in [4.78, 5) is 18.8. The van der Waals surface area contributed by atoms with E-state index >= 15 is 0 Å². The number of thioether (sulfide) groups is 1. The fraction of sp³-hybridized carbons (Fsp3) is 0.810. The maximum Gasteiger partial charge on any atom is 0.225 e. The van der Waals surface area contributed by atoms with Crippen LogP contribution in [-0.4, -0.2) is 41.2 Å². The monoisotopic (exact) mass is 366 g/mol. The lowest BCUT2D eigenvalue weighted by Gasteiger charge is -2.26. The van der Waals surface area contributed by atoms with E-state index in [1.54, 1.807) is 0 Å². The van der Waals surface area contributed by atoms with Crippen molar-refractivity contribution in [2.75, 3.05) is 19.3 Å². The van der Waals surface area contributed by atoms with Crippen LogP contribution in [0.4, 0.5) is 0 Å². The minimum atomic E-state index is 0.142. The van der Waals surface area contributed by atoms with Gasteiger partial charge >= 0.3 is 0 Å². The van der Waals surface area contributed by atoms with Gasteiger partial charge in [-0.25, -0.2) is 0 Å². The van der Waals surface area contributed by atoms with Crippen molar-refractivity contribution in [3.05, 3.63) is 12.7 Å². The molecule has 1 rings (SSSR count). The van der Waals surface area contributed by atoms with Crippen LogP contribution in [0.25, 0.3) is 0 Å². The molecule has 0 aromatic heterocycles. The summed E-state index contributed by atoms with van der Waals surface area (Å²) in [5.41, 5.74) is 0. The van der Waals surface area contributed by atoms with Gasteiger partial charge in [-0.05, 0) is 43.4 Å². The Bertz CT molecular complexity index is 463. The van der Waals surface area contributed by atoms with E-state index in [1.807, 2.05) is 36.7 Å². The van der Waals surface area contributed by atoms with Gasteiger partial charge in [0.25, 0.3) is 0 Å². The summed E-state index contributed by atoms with van der Waals surface area (Å²) in [6.45, 7) is 15.8. The highest BCUT2D eigenvalue weighted by Gasteiger charge is 2.22. The largest absolute Gasteiger partial charge is 0.346 e. The van der Waals surface area contributed by atoms with Gasteiger partial charge in [0.1, 0.15) is 0 Å². The maximum absolute atomic E-state index is 12.2. The van der Waals surface area contributed by atoms with Gasteiger partial charge in [0.15, 0.2) is 0 Å². The molecular formula is C21H38N2OS. The lowest BCUT2D eigenvalue weighted by molar-refractivity contribution is -0.133. The molecule has 0 spiro atoms. The minimum Gasteiger partial charge on any atom is -0.346 e. The number of amides is 1. The van der Waals surface area contributed by atoms with Crippen molar-refractivity contribution in [2.24, 2.45) is 28.7 Å². The lowest BCUT2D eigenvalue weighted by Crippen LogP contribution is -2.33. The van der Waals surface area contributed by atoms with E-state index < -0.39 is 0 Å². The molecule has 1 aliphatic heterocycles. The Hall–Kier alpha value is -0.770. The summed E-state index contributed by atoms with van der Waals surface area (Å²) in [7, 11) is 1.94. The van der Waals surface area contributed by atoms with Crippen LogP contribution in [0.5, 0.6) is 0 Å². The molecule has 0 aromatic rings. The molecule has 4 heteroatoms. The first-order valence-corrected chi connectivity index (χ1v) is 10.8.